The average Bonchev–Trinajstić information content (AvgIpc) is 3.12. The van der Waals surface area contributed by atoms with Crippen LogP contribution in [0.5, 0.6) is 0 Å². The van der Waals surface area contributed by atoms with E-state index in [2.05, 4.69) is 42.9 Å². The van der Waals surface area contributed by atoms with E-state index < -0.39 is 0 Å². The second kappa shape index (κ2) is 5.14. The maximum atomic E-state index is 6.38. The third kappa shape index (κ3) is 2.04. The molecule has 2 aliphatic rings. The van der Waals surface area contributed by atoms with E-state index in [9.17, 15) is 0 Å². The molecule has 4 rings (SSSR count). The van der Waals surface area contributed by atoms with E-state index in [0.717, 1.165) is 48.6 Å². The third-order valence-corrected chi connectivity index (χ3v) is 5.72. The van der Waals surface area contributed by atoms with Gasteiger partial charge in [0.15, 0.2) is 5.65 Å². The SMILES string of the molecule is C[C@@H]1OCC2(CCN(c3ncc(Br)c4nncn34)CC2)[C@@H]1N. The number of fused-ring (bicyclic) bond motifs is 1. The average molecular weight is 367 g/mol. The number of anilines is 1. The summed E-state index contributed by atoms with van der Waals surface area (Å²) < 4.78 is 8.56. The largest absolute Gasteiger partial charge is 0.376 e. The molecule has 1 spiro atoms. The monoisotopic (exact) mass is 366 g/mol. The fourth-order valence-corrected chi connectivity index (χ4v) is 4.01. The van der Waals surface area contributed by atoms with Gasteiger partial charge in [0.2, 0.25) is 5.95 Å². The summed E-state index contributed by atoms with van der Waals surface area (Å²) in [6.07, 6.45) is 5.71. The highest BCUT2D eigenvalue weighted by atomic mass is 79.9. The molecule has 0 unspecified atom stereocenters. The molecule has 2 atom stereocenters. The maximum absolute atomic E-state index is 6.38. The first-order valence-corrected chi connectivity index (χ1v) is 8.36. The molecule has 8 heteroatoms. The van der Waals surface area contributed by atoms with Crippen molar-refractivity contribution >= 4 is 27.5 Å². The first kappa shape index (κ1) is 14.3. The molecule has 22 heavy (non-hydrogen) atoms. The van der Waals surface area contributed by atoms with E-state index in [1.54, 1.807) is 12.5 Å². The maximum Gasteiger partial charge on any atom is 0.212 e. The summed E-state index contributed by atoms with van der Waals surface area (Å²) in [4.78, 5) is 6.83. The fraction of sp³-hybridized carbons (Fsp3) is 0.643. The molecule has 0 aromatic carbocycles. The van der Waals surface area contributed by atoms with Crippen molar-refractivity contribution in [1.82, 2.24) is 19.6 Å². The minimum Gasteiger partial charge on any atom is -0.376 e. The number of piperidine rings is 1. The number of rotatable bonds is 1. The molecule has 7 nitrogen and oxygen atoms in total. The van der Waals surface area contributed by atoms with Gasteiger partial charge in [0.05, 0.1) is 17.2 Å². The van der Waals surface area contributed by atoms with Gasteiger partial charge in [0.25, 0.3) is 0 Å². The highest BCUT2D eigenvalue weighted by molar-refractivity contribution is 9.10. The van der Waals surface area contributed by atoms with Gasteiger partial charge in [-0.05, 0) is 35.7 Å². The van der Waals surface area contributed by atoms with Crippen LogP contribution in [-0.4, -0.2) is 51.4 Å². The molecular formula is C14H19BrN6O. The summed E-state index contributed by atoms with van der Waals surface area (Å²) in [7, 11) is 0. The molecular weight excluding hydrogens is 348 g/mol. The number of halogens is 1. The summed E-state index contributed by atoms with van der Waals surface area (Å²) in [5.41, 5.74) is 7.29. The molecule has 118 valence electrons. The zero-order valence-corrected chi connectivity index (χ0v) is 14.0. The predicted octanol–water partition coefficient (Wildman–Crippen LogP) is 1.22. The zero-order chi connectivity index (χ0) is 15.3. The van der Waals surface area contributed by atoms with Crippen LogP contribution in [0.2, 0.25) is 0 Å². The molecule has 2 fully saturated rings. The van der Waals surface area contributed by atoms with Gasteiger partial charge in [0, 0.05) is 30.7 Å². The van der Waals surface area contributed by atoms with Crippen molar-refractivity contribution in [1.29, 1.82) is 0 Å². The Kier molecular flexibility index (Phi) is 3.35. The molecule has 0 amide bonds. The minimum atomic E-state index is 0.123. The Morgan fingerprint density at radius 3 is 2.86 bits per heavy atom. The molecule has 2 aromatic heterocycles. The van der Waals surface area contributed by atoms with Crippen molar-refractivity contribution in [2.24, 2.45) is 11.1 Å². The van der Waals surface area contributed by atoms with Gasteiger partial charge in [-0.2, -0.15) is 0 Å². The van der Waals surface area contributed by atoms with Gasteiger partial charge in [0.1, 0.15) is 6.33 Å². The lowest BCUT2D eigenvalue weighted by atomic mass is 9.73. The molecule has 0 saturated carbocycles. The molecule has 2 aromatic rings. The molecule has 0 aliphatic carbocycles. The Bertz CT molecular complexity index is 696. The van der Waals surface area contributed by atoms with E-state index in [0.29, 0.717) is 0 Å². The van der Waals surface area contributed by atoms with Gasteiger partial charge < -0.3 is 15.4 Å². The number of nitrogens with zero attached hydrogens (tertiary/aromatic N) is 5. The van der Waals surface area contributed by atoms with Crippen molar-refractivity contribution in [3.8, 4) is 0 Å². The van der Waals surface area contributed by atoms with E-state index >= 15 is 0 Å². The predicted molar refractivity (Wildman–Crippen MR) is 85.8 cm³/mol. The van der Waals surface area contributed by atoms with Gasteiger partial charge >= 0.3 is 0 Å². The van der Waals surface area contributed by atoms with Crippen LogP contribution < -0.4 is 10.6 Å². The lowest BCUT2D eigenvalue weighted by Crippen LogP contribution is -2.51. The van der Waals surface area contributed by atoms with Crippen LogP contribution in [0.3, 0.4) is 0 Å². The van der Waals surface area contributed by atoms with Gasteiger partial charge in [-0.1, -0.05) is 0 Å². The van der Waals surface area contributed by atoms with Crippen molar-refractivity contribution in [2.75, 3.05) is 24.6 Å². The zero-order valence-electron chi connectivity index (χ0n) is 12.4. The van der Waals surface area contributed by atoms with Crippen LogP contribution in [0.25, 0.3) is 5.65 Å². The Morgan fingerprint density at radius 1 is 1.41 bits per heavy atom. The van der Waals surface area contributed by atoms with Gasteiger partial charge in [-0.15, -0.1) is 10.2 Å². The Hall–Kier alpha value is -1.25. The highest BCUT2D eigenvalue weighted by Gasteiger charge is 2.47. The fourth-order valence-electron chi connectivity index (χ4n) is 3.64. The van der Waals surface area contributed by atoms with Gasteiger partial charge in [-0.25, -0.2) is 9.38 Å². The van der Waals surface area contributed by atoms with Crippen molar-refractivity contribution in [2.45, 2.75) is 31.9 Å². The quantitative estimate of drug-likeness (QED) is 0.816. The van der Waals surface area contributed by atoms with E-state index in [4.69, 9.17) is 10.5 Å². The van der Waals surface area contributed by atoms with Crippen LogP contribution in [-0.2, 0) is 4.74 Å². The van der Waals surface area contributed by atoms with Crippen molar-refractivity contribution in [3.63, 3.8) is 0 Å². The molecule has 0 bridgehead atoms. The smallest absolute Gasteiger partial charge is 0.212 e. The van der Waals surface area contributed by atoms with Crippen molar-refractivity contribution < 1.29 is 4.74 Å². The Balaban J connectivity index is 1.59. The molecule has 4 heterocycles. The third-order valence-electron chi connectivity index (χ3n) is 5.16. The van der Waals surface area contributed by atoms with Crippen LogP contribution in [0.1, 0.15) is 19.8 Å². The minimum absolute atomic E-state index is 0.123. The number of ether oxygens (including phenoxy) is 1. The lowest BCUT2D eigenvalue weighted by Gasteiger charge is -2.41. The van der Waals surface area contributed by atoms with Crippen molar-refractivity contribution in [3.05, 3.63) is 17.0 Å². The highest BCUT2D eigenvalue weighted by Crippen LogP contribution is 2.41. The van der Waals surface area contributed by atoms with E-state index in [-0.39, 0.29) is 17.6 Å². The number of nitrogens with two attached hydrogens (primary N) is 1. The van der Waals surface area contributed by atoms with E-state index in [1.165, 1.54) is 0 Å². The van der Waals surface area contributed by atoms with Crippen LogP contribution in [0.4, 0.5) is 5.95 Å². The number of hydrogen-bond donors (Lipinski definition) is 1. The number of aromatic nitrogens is 4. The second-order valence-electron chi connectivity index (χ2n) is 6.32. The molecule has 2 N–H and O–H groups in total. The molecule has 0 radical (unpaired) electrons. The summed E-state index contributed by atoms with van der Waals surface area (Å²) in [6.45, 7) is 4.69. The summed E-state index contributed by atoms with van der Waals surface area (Å²) in [5.74, 6) is 0.888. The molecule has 2 aliphatic heterocycles. The topological polar surface area (TPSA) is 81.6 Å². The first-order chi connectivity index (χ1) is 10.6. The summed E-state index contributed by atoms with van der Waals surface area (Å²) >= 11 is 3.46. The summed E-state index contributed by atoms with van der Waals surface area (Å²) in [5, 5.41) is 8.11. The number of hydrogen-bond acceptors (Lipinski definition) is 6. The summed E-state index contributed by atoms with van der Waals surface area (Å²) in [6, 6.07) is 0.127. The van der Waals surface area contributed by atoms with Gasteiger partial charge in [-0.3, -0.25) is 0 Å². The lowest BCUT2D eigenvalue weighted by molar-refractivity contribution is 0.0973. The Morgan fingerprint density at radius 2 is 2.18 bits per heavy atom. The second-order valence-corrected chi connectivity index (χ2v) is 7.18. The van der Waals surface area contributed by atoms with Crippen LogP contribution in [0, 0.1) is 5.41 Å². The van der Waals surface area contributed by atoms with E-state index in [1.807, 2.05) is 4.40 Å². The van der Waals surface area contributed by atoms with Crippen LogP contribution >= 0.6 is 15.9 Å². The van der Waals surface area contributed by atoms with Crippen LogP contribution in [0.15, 0.2) is 17.0 Å². The normalized spacial score (nSPS) is 27.9. The standard InChI is InChI=1S/C14H19BrN6O/c1-9-11(16)14(7-22-9)2-4-20(5-3-14)13-17-6-10(15)12-19-18-8-21(12)13/h6,8-9,11H,2-5,7,16H2,1H3/t9-,11+/m0/s1. The Labute approximate surface area is 137 Å². The first-order valence-electron chi connectivity index (χ1n) is 7.57. The molecule has 2 saturated heterocycles.